The van der Waals surface area contributed by atoms with E-state index in [2.05, 4.69) is 17.5 Å². The summed E-state index contributed by atoms with van der Waals surface area (Å²) < 4.78 is 5.35. The fourth-order valence-corrected chi connectivity index (χ4v) is 2.39. The van der Waals surface area contributed by atoms with Crippen LogP contribution in [0.5, 0.6) is 5.75 Å². The molecule has 1 fully saturated rings. The van der Waals surface area contributed by atoms with Crippen LogP contribution in [0.15, 0.2) is 29.4 Å². The van der Waals surface area contributed by atoms with Gasteiger partial charge in [-0.05, 0) is 56.4 Å². The molecule has 0 aliphatic heterocycles. The third-order valence-corrected chi connectivity index (χ3v) is 3.62. The van der Waals surface area contributed by atoms with Gasteiger partial charge in [-0.25, -0.2) is 5.43 Å². The highest BCUT2D eigenvalue weighted by Crippen LogP contribution is 2.20. The molecule has 0 spiro atoms. The number of carbonyl (C=O) groups is 1. The molecule has 4 nitrogen and oxygen atoms in total. The Hall–Kier alpha value is -1.84. The molecule has 1 aliphatic carbocycles. The van der Waals surface area contributed by atoms with Crippen molar-refractivity contribution in [3.8, 4) is 5.75 Å². The fourth-order valence-electron chi connectivity index (χ4n) is 2.39. The molecule has 0 bridgehead atoms. The number of nitrogens with zero attached hydrogens (tertiary/aromatic N) is 1. The van der Waals surface area contributed by atoms with Gasteiger partial charge in [-0.3, -0.25) is 4.79 Å². The molecule has 1 aliphatic rings. The molecule has 0 aromatic heterocycles. The van der Waals surface area contributed by atoms with E-state index in [1.165, 1.54) is 12.8 Å². The van der Waals surface area contributed by atoms with Gasteiger partial charge in [0.2, 0.25) is 0 Å². The summed E-state index contributed by atoms with van der Waals surface area (Å²) in [6, 6.07) is 7.11. The lowest BCUT2D eigenvalue weighted by atomic mass is 9.89. The van der Waals surface area contributed by atoms with Crippen LogP contribution in [-0.2, 0) is 0 Å². The van der Waals surface area contributed by atoms with Crippen molar-refractivity contribution in [3.05, 3.63) is 29.8 Å². The average Bonchev–Trinajstić information content (AvgIpc) is 2.47. The first-order valence-electron chi connectivity index (χ1n) is 7.30. The highest BCUT2D eigenvalue weighted by molar-refractivity contribution is 5.96. The Labute approximate surface area is 120 Å². The molecule has 1 aromatic rings. The number of hydrogen-bond acceptors (Lipinski definition) is 3. The van der Waals surface area contributed by atoms with Gasteiger partial charge in [0.1, 0.15) is 5.75 Å². The molecule has 0 radical (unpaired) electrons. The van der Waals surface area contributed by atoms with Crippen LogP contribution in [0.3, 0.4) is 0 Å². The SMILES string of the molecule is CCOc1ccc(C(=O)N/N=C2/CCCC[C@H]2C)cc1. The van der Waals surface area contributed by atoms with Crippen LogP contribution >= 0.6 is 0 Å². The van der Waals surface area contributed by atoms with Crippen LogP contribution in [0.25, 0.3) is 0 Å². The second-order valence-corrected chi connectivity index (χ2v) is 5.15. The highest BCUT2D eigenvalue weighted by Gasteiger charge is 2.16. The predicted molar refractivity (Wildman–Crippen MR) is 80.1 cm³/mol. The molecular weight excluding hydrogens is 252 g/mol. The van der Waals surface area contributed by atoms with Gasteiger partial charge < -0.3 is 4.74 Å². The van der Waals surface area contributed by atoms with Gasteiger partial charge >= 0.3 is 0 Å². The maximum absolute atomic E-state index is 12.0. The molecule has 1 atom stereocenters. The van der Waals surface area contributed by atoms with E-state index in [0.717, 1.165) is 24.3 Å². The second kappa shape index (κ2) is 7.08. The first-order valence-corrected chi connectivity index (χ1v) is 7.30. The molecule has 1 aromatic carbocycles. The first kappa shape index (κ1) is 14.6. The smallest absolute Gasteiger partial charge is 0.271 e. The third kappa shape index (κ3) is 3.83. The Morgan fingerprint density at radius 1 is 1.35 bits per heavy atom. The standard InChI is InChI=1S/C16H22N2O2/c1-3-20-14-10-8-13(9-11-14)16(19)18-17-15-7-5-4-6-12(15)2/h8-12H,3-7H2,1-2H3,(H,18,19)/b17-15-/t12-/m1/s1. The first-order chi connectivity index (χ1) is 9.70. The number of hydrazone groups is 1. The summed E-state index contributed by atoms with van der Waals surface area (Å²) >= 11 is 0. The van der Waals surface area contributed by atoms with Crippen LogP contribution < -0.4 is 10.2 Å². The lowest BCUT2D eigenvalue weighted by Gasteiger charge is -2.19. The van der Waals surface area contributed by atoms with E-state index in [-0.39, 0.29) is 5.91 Å². The van der Waals surface area contributed by atoms with Gasteiger partial charge in [0.25, 0.3) is 5.91 Å². The van der Waals surface area contributed by atoms with Crippen molar-refractivity contribution in [1.29, 1.82) is 0 Å². The third-order valence-electron chi connectivity index (χ3n) is 3.62. The maximum atomic E-state index is 12.0. The summed E-state index contributed by atoms with van der Waals surface area (Å²) in [4.78, 5) is 12.0. The summed E-state index contributed by atoms with van der Waals surface area (Å²) in [6.45, 7) is 4.72. The second-order valence-electron chi connectivity index (χ2n) is 5.15. The predicted octanol–water partition coefficient (Wildman–Crippen LogP) is 3.38. The maximum Gasteiger partial charge on any atom is 0.271 e. The summed E-state index contributed by atoms with van der Waals surface area (Å²) in [5, 5.41) is 4.29. The minimum atomic E-state index is -0.168. The van der Waals surface area contributed by atoms with Crippen molar-refractivity contribution in [2.75, 3.05) is 6.61 Å². The Bertz CT molecular complexity index is 480. The number of benzene rings is 1. The van der Waals surface area contributed by atoms with Crippen LogP contribution in [0.2, 0.25) is 0 Å². The monoisotopic (exact) mass is 274 g/mol. The van der Waals surface area contributed by atoms with Gasteiger partial charge in [-0.1, -0.05) is 13.3 Å². The zero-order chi connectivity index (χ0) is 14.4. The van der Waals surface area contributed by atoms with Crippen molar-refractivity contribution in [2.24, 2.45) is 11.0 Å². The number of amides is 1. The fraction of sp³-hybridized carbons (Fsp3) is 0.500. The molecule has 20 heavy (non-hydrogen) atoms. The number of carbonyl (C=O) groups excluding carboxylic acids is 1. The molecule has 0 heterocycles. The normalized spacial score (nSPS) is 20.7. The van der Waals surface area contributed by atoms with Gasteiger partial charge in [0.15, 0.2) is 0 Å². The molecule has 1 amide bonds. The summed E-state index contributed by atoms with van der Waals surface area (Å²) in [5.41, 5.74) is 4.36. The molecular formula is C16H22N2O2. The van der Waals surface area contributed by atoms with Crippen molar-refractivity contribution >= 4 is 11.6 Å². The Kier molecular flexibility index (Phi) is 5.16. The van der Waals surface area contributed by atoms with Gasteiger partial charge in [0, 0.05) is 11.3 Å². The molecule has 2 rings (SSSR count). The Balaban J connectivity index is 1.95. The minimum absolute atomic E-state index is 0.168. The molecule has 1 N–H and O–H groups in total. The van der Waals surface area contributed by atoms with Crippen LogP contribution in [0.4, 0.5) is 0 Å². The summed E-state index contributed by atoms with van der Waals surface area (Å²) in [5.74, 6) is 1.08. The van der Waals surface area contributed by atoms with Gasteiger partial charge in [0.05, 0.1) is 6.61 Å². The largest absolute Gasteiger partial charge is 0.494 e. The van der Waals surface area contributed by atoms with E-state index in [0.29, 0.717) is 18.1 Å². The lowest BCUT2D eigenvalue weighted by Crippen LogP contribution is -2.24. The van der Waals surface area contributed by atoms with Crippen molar-refractivity contribution < 1.29 is 9.53 Å². The zero-order valence-corrected chi connectivity index (χ0v) is 12.2. The topological polar surface area (TPSA) is 50.7 Å². The number of nitrogens with one attached hydrogen (secondary N) is 1. The molecule has 0 saturated heterocycles. The van der Waals surface area contributed by atoms with Crippen LogP contribution in [0, 0.1) is 5.92 Å². The van der Waals surface area contributed by atoms with Gasteiger partial charge in [-0.15, -0.1) is 0 Å². The van der Waals surface area contributed by atoms with Crippen molar-refractivity contribution in [3.63, 3.8) is 0 Å². The van der Waals surface area contributed by atoms with E-state index < -0.39 is 0 Å². The Morgan fingerprint density at radius 2 is 2.10 bits per heavy atom. The number of hydrogen-bond donors (Lipinski definition) is 1. The lowest BCUT2D eigenvalue weighted by molar-refractivity contribution is 0.0954. The zero-order valence-electron chi connectivity index (χ0n) is 12.2. The average molecular weight is 274 g/mol. The van der Waals surface area contributed by atoms with E-state index in [1.54, 1.807) is 24.3 Å². The molecule has 108 valence electrons. The van der Waals surface area contributed by atoms with Crippen molar-refractivity contribution in [2.45, 2.75) is 39.5 Å². The molecule has 4 heteroatoms. The van der Waals surface area contributed by atoms with Gasteiger partial charge in [-0.2, -0.15) is 5.10 Å². The summed E-state index contributed by atoms with van der Waals surface area (Å²) in [7, 11) is 0. The molecule has 0 unspecified atom stereocenters. The van der Waals surface area contributed by atoms with E-state index in [1.807, 2.05) is 6.92 Å². The van der Waals surface area contributed by atoms with E-state index in [9.17, 15) is 4.79 Å². The van der Waals surface area contributed by atoms with E-state index >= 15 is 0 Å². The minimum Gasteiger partial charge on any atom is -0.494 e. The summed E-state index contributed by atoms with van der Waals surface area (Å²) in [6.07, 6.45) is 4.58. The highest BCUT2D eigenvalue weighted by atomic mass is 16.5. The van der Waals surface area contributed by atoms with Crippen LogP contribution in [0.1, 0.15) is 49.9 Å². The quantitative estimate of drug-likeness (QED) is 0.856. The number of ether oxygens (including phenoxy) is 1. The molecule has 1 saturated carbocycles. The van der Waals surface area contributed by atoms with E-state index in [4.69, 9.17) is 4.74 Å². The number of rotatable bonds is 4. The van der Waals surface area contributed by atoms with Crippen LogP contribution in [-0.4, -0.2) is 18.2 Å². The Morgan fingerprint density at radius 3 is 2.75 bits per heavy atom. The van der Waals surface area contributed by atoms with Crippen molar-refractivity contribution in [1.82, 2.24) is 5.43 Å².